The molecule has 1 aromatic heterocycles. The summed E-state index contributed by atoms with van der Waals surface area (Å²) in [7, 11) is 0. The van der Waals surface area contributed by atoms with Crippen LogP contribution in [-0.4, -0.2) is 36.7 Å². The molecule has 6 nitrogen and oxygen atoms in total. The molecule has 144 valence electrons. The van der Waals surface area contributed by atoms with Crippen molar-refractivity contribution in [2.45, 2.75) is 39.0 Å². The first kappa shape index (κ1) is 19.2. The topological polar surface area (TPSA) is 67.8 Å². The Hall–Kier alpha value is -2.60. The van der Waals surface area contributed by atoms with Crippen LogP contribution in [0.15, 0.2) is 53.7 Å². The lowest BCUT2D eigenvalue weighted by molar-refractivity contribution is 0.114. The van der Waals surface area contributed by atoms with Crippen LogP contribution in [0.3, 0.4) is 0 Å². The number of nitrogens with one attached hydrogen (secondary N) is 2. The zero-order valence-electron chi connectivity index (χ0n) is 15.9. The second kappa shape index (κ2) is 10.5. The van der Waals surface area contributed by atoms with E-state index in [-0.39, 0.29) is 6.10 Å². The average Bonchev–Trinajstić information content (AvgIpc) is 3.23. The van der Waals surface area contributed by atoms with Crippen molar-refractivity contribution in [1.29, 1.82) is 0 Å². The third-order valence-corrected chi connectivity index (χ3v) is 4.30. The number of nitrogens with zero attached hydrogens (tertiary/aromatic N) is 2. The Labute approximate surface area is 161 Å². The van der Waals surface area contributed by atoms with Crippen molar-refractivity contribution in [3.63, 3.8) is 0 Å². The highest BCUT2D eigenvalue weighted by molar-refractivity contribution is 5.79. The first-order valence-corrected chi connectivity index (χ1v) is 9.59. The van der Waals surface area contributed by atoms with Gasteiger partial charge in [-0.1, -0.05) is 18.2 Å². The molecule has 0 amide bonds. The summed E-state index contributed by atoms with van der Waals surface area (Å²) in [5, 5.41) is 6.65. The fourth-order valence-corrected chi connectivity index (χ4v) is 2.90. The van der Waals surface area contributed by atoms with E-state index in [9.17, 15) is 0 Å². The van der Waals surface area contributed by atoms with Crippen molar-refractivity contribution in [2.75, 3.05) is 19.7 Å². The first-order valence-electron chi connectivity index (χ1n) is 9.59. The number of aromatic nitrogens is 1. The van der Waals surface area contributed by atoms with Crippen LogP contribution in [0.25, 0.3) is 0 Å². The molecule has 1 atom stereocenters. The van der Waals surface area contributed by atoms with Crippen LogP contribution >= 0.6 is 0 Å². The summed E-state index contributed by atoms with van der Waals surface area (Å²) in [6, 6.07) is 13.8. The lowest BCUT2D eigenvalue weighted by atomic mass is 10.2. The van der Waals surface area contributed by atoms with Gasteiger partial charge in [-0.05, 0) is 49.6 Å². The molecule has 0 spiro atoms. The maximum atomic E-state index is 5.84. The third kappa shape index (κ3) is 6.57. The molecule has 1 aromatic carbocycles. The zero-order chi connectivity index (χ0) is 18.7. The Bertz CT molecular complexity index is 715. The quantitative estimate of drug-likeness (QED) is 0.554. The van der Waals surface area contributed by atoms with Gasteiger partial charge in [0.25, 0.3) is 0 Å². The number of benzene rings is 1. The Morgan fingerprint density at radius 1 is 1.26 bits per heavy atom. The van der Waals surface area contributed by atoms with Crippen LogP contribution in [0, 0.1) is 0 Å². The first-order chi connectivity index (χ1) is 13.3. The smallest absolute Gasteiger partial charge is 0.191 e. The molecule has 0 aliphatic carbocycles. The fourth-order valence-electron chi connectivity index (χ4n) is 2.90. The van der Waals surface area contributed by atoms with Crippen LogP contribution in [0.1, 0.15) is 31.0 Å². The summed E-state index contributed by atoms with van der Waals surface area (Å²) in [5.74, 6) is 1.64. The molecule has 3 rings (SSSR count). The number of guanidine groups is 1. The van der Waals surface area contributed by atoms with Gasteiger partial charge < -0.3 is 20.1 Å². The molecule has 2 aromatic rings. The summed E-state index contributed by atoms with van der Waals surface area (Å²) < 4.78 is 11.5. The molecule has 0 saturated carbocycles. The largest absolute Gasteiger partial charge is 0.487 e. The van der Waals surface area contributed by atoms with Gasteiger partial charge in [-0.2, -0.15) is 0 Å². The van der Waals surface area contributed by atoms with Crippen LogP contribution in [0.2, 0.25) is 0 Å². The minimum Gasteiger partial charge on any atom is -0.487 e. The summed E-state index contributed by atoms with van der Waals surface area (Å²) in [5.41, 5.74) is 2.01. The summed E-state index contributed by atoms with van der Waals surface area (Å²) in [6.07, 6.45) is 4.32. The van der Waals surface area contributed by atoms with Crippen LogP contribution in [0.4, 0.5) is 0 Å². The van der Waals surface area contributed by atoms with E-state index in [2.05, 4.69) is 33.6 Å². The highest BCUT2D eigenvalue weighted by Gasteiger charge is 2.15. The molecule has 2 heterocycles. The summed E-state index contributed by atoms with van der Waals surface area (Å²) in [6.45, 7) is 5.59. The van der Waals surface area contributed by atoms with Gasteiger partial charge in [0.05, 0.1) is 18.3 Å². The summed E-state index contributed by atoms with van der Waals surface area (Å²) in [4.78, 5) is 8.95. The minimum absolute atomic E-state index is 0.289. The molecule has 1 saturated heterocycles. The van der Waals surface area contributed by atoms with E-state index in [1.54, 1.807) is 6.20 Å². The van der Waals surface area contributed by atoms with Gasteiger partial charge >= 0.3 is 0 Å². The monoisotopic (exact) mass is 368 g/mol. The van der Waals surface area contributed by atoms with E-state index in [1.807, 2.05) is 36.4 Å². The Morgan fingerprint density at radius 2 is 2.22 bits per heavy atom. The lowest BCUT2D eigenvalue weighted by Crippen LogP contribution is -2.41. The number of aliphatic imine (C=N–C) groups is 1. The van der Waals surface area contributed by atoms with E-state index in [0.29, 0.717) is 13.2 Å². The van der Waals surface area contributed by atoms with Gasteiger partial charge in [0.1, 0.15) is 12.4 Å². The van der Waals surface area contributed by atoms with Gasteiger partial charge in [-0.3, -0.25) is 4.98 Å². The molecule has 1 aliphatic rings. The van der Waals surface area contributed by atoms with E-state index < -0.39 is 0 Å². The Kier molecular flexibility index (Phi) is 7.47. The lowest BCUT2D eigenvalue weighted by Gasteiger charge is -2.15. The van der Waals surface area contributed by atoms with Crippen molar-refractivity contribution in [3.8, 4) is 5.75 Å². The number of hydrogen-bond donors (Lipinski definition) is 2. The highest BCUT2D eigenvalue weighted by atomic mass is 16.5. The van der Waals surface area contributed by atoms with E-state index >= 15 is 0 Å². The highest BCUT2D eigenvalue weighted by Crippen LogP contribution is 2.15. The number of hydrogen-bond acceptors (Lipinski definition) is 4. The molecule has 2 N–H and O–H groups in total. The molecule has 1 aliphatic heterocycles. The van der Waals surface area contributed by atoms with Crippen molar-refractivity contribution < 1.29 is 9.47 Å². The van der Waals surface area contributed by atoms with Gasteiger partial charge in [-0.25, -0.2) is 4.99 Å². The van der Waals surface area contributed by atoms with Gasteiger partial charge in [0.15, 0.2) is 5.96 Å². The Balaban J connectivity index is 1.53. The molecule has 1 unspecified atom stereocenters. The van der Waals surface area contributed by atoms with Gasteiger partial charge in [0.2, 0.25) is 0 Å². The fraction of sp³-hybridized carbons (Fsp3) is 0.429. The maximum Gasteiger partial charge on any atom is 0.191 e. The normalized spacial score (nSPS) is 16.9. The maximum absolute atomic E-state index is 5.84. The molecule has 27 heavy (non-hydrogen) atoms. The minimum atomic E-state index is 0.289. The van der Waals surface area contributed by atoms with E-state index in [4.69, 9.17) is 9.47 Å². The standard InChI is InChI=1S/C21H28N4O2/c1-2-22-21(25-15-20-10-6-12-26-20)24-14-17-7-5-9-19(13-17)27-16-18-8-3-4-11-23-18/h3-5,7-9,11,13,20H,2,6,10,12,14-16H2,1H3,(H2,22,24,25). The predicted octanol–water partition coefficient (Wildman–Crippen LogP) is 2.89. The Morgan fingerprint density at radius 3 is 3.00 bits per heavy atom. The van der Waals surface area contributed by atoms with Crippen molar-refractivity contribution in [1.82, 2.24) is 15.6 Å². The van der Waals surface area contributed by atoms with E-state index in [0.717, 1.165) is 55.5 Å². The van der Waals surface area contributed by atoms with Gasteiger partial charge in [0, 0.05) is 25.9 Å². The molecule has 6 heteroatoms. The zero-order valence-corrected chi connectivity index (χ0v) is 15.9. The summed E-state index contributed by atoms with van der Waals surface area (Å²) >= 11 is 0. The van der Waals surface area contributed by atoms with E-state index in [1.165, 1.54) is 0 Å². The number of pyridine rings is 1. The average molecular weight is 368 g/mol. The molecular weight excluding hydrogens is 340 g/mol. The van der Waals surface area contributed by atoms with Crippen LogP contribution < -0.4 is 15.4 Å². The number of ether oxygens (including phenoxy) is 2. The molecule has 0 radical (unpaired) electrons. The predicted molar refractivity (Wildman–Crippen MR) is 107 cm³/mol. The second-order valence-corrected chi connectivity index (χ2v) is 6.47. The van der Waals surface area contributed by atoms with Crippen molar-refractivity contribution in [2.24, 2.45) is 4.99 Å². The van der Waals surface area contributed by atoms with Crippen molar-refractivity contribution in [3.05, 3.63) is 59.9 Å². The van der Waals surface area contributed by atoms with Gasteiger partial charge in [-0.15, -0.1) is 0 Å². The SMILES string of the molecule is CCNC(=NCc1cccc(OCc2ccccn2)c1)NCC1CCCO1. The molecule has 1 fully saturated rings. The second-order valence-electron chi connectivity index (χ2n) is 6.47. The van der Waals surface area contributed by atoms with Crippen molar-refractivity contribution >= 4 is 5.96 Å². The third-order valence-electron chi connectivity index (χ3n) is 4.30. The molecular formula is C21H28N4O2. The molecule has 0 bridgehead atoms. The van der Waals surface area contributed by atoms with Crippen LogP contribution in [0.5, 0.6) is 5.75 Å². The number of rotatable bonds is 8. The van der Waals surface area contributed by atoms with Crippen LogP contribution in [-0.2, 0) is 17.9 Å².